The van der Waals surface area contributed by atoms with Crippen molar-refractivity contribution >= 4 is 5.82 Å². The van der Waals surface area contributed by atoms with Crippen LogP contribution in [-0.4, -0.2) is 15.1 Å². The first kappa shape index (κ1) is 14.5. The standard InChI is InChI=1S/C15H22N4O/c1-9(2)13-7-14(18-15(17-13)10(3)4)16-8-12-6-11(5)19-20-12/h6-7,9-10H,8H2,1-5H3,(H,16,17,18). The molecule has 2 aromatic rings. The number of nitrogens with one attached hydrogen (secondary N) is 1. The van der Waals surface area contributed by atoms with E-state index in [0.29, 0.717) is 18.4 Å². The maximum absolute atomic E-state index is 5.19. The Bertz CT molecular complexity index is 549. The van der Waals surface area contributed by atoms with E-state index in [1.807, 2.05) is 19.1 Å². The highest BCUT2D eigenvalue weighted by Gasteiger charge is 2.11. The van der Waals surface area contributed by atoms with Crippen LogP contribution in [0.2, 0.25) is 0 Å². The van der Waals surface area contributed by atoms with Crippen LogP contribution >= 0.6 is 0 Å². The van der Waals surface area contributed by atoms with Crippen LogP contribution < -0.4 is 5.32 Å². The third-order valence-electron chi connectivity index (χ3n) is 2.99. The first-order valence-electron chi connectivity index (χ1n) is 7.00. The highest BCUT2D eigenvalue weighted by Crippen LogP contribution is 2.19. The molecule has 5 heteroatoms. The van der Waals surface area contributed by atoms with Crippen LogP contribution in [0.25, 0.3) is 0 Å². The number of hydrogen-bond donors (Lipinski definition) is 1. The number of aryl methyl sites for hydroxylation is 1. The van der Waals surface area contributed by atoms with Crippen molar-refractivity contribution in [2.45, 2.75) is 53.0 Å². The van der Waals surface area contributed by atoms with Gasteiger partial charge < -0.3 is 9.84 Å². The van der Waals surface area contributed by atoms with Gasteiger partial charge in [-0.3, -0.25) is 0 Å². The molecule has 20 heavy (non-hydrogen) atoms. The maximum atomic E-state index is 5.19. The van der Waals surface area contributed by atoms with E-state index >= 15 is 0 Å². The van der Waals surface area contributed by atoms with Gasteiger partial charge in [0.2, 0.25) is 0 Å². The van der Waals surface area contributed by atoms with Crippen LogP contribution in [0.5, 0.6) is 0 Å². The van der Waals surface area contributed by atoms with Gasteiger partial charge >= 0.3 is 0 Å². The molecule has 0 saturated carbocycles. The molecule has 5 nitrogen and oxygen atoms in total. The largest absolute Gasteiger partial charge is 0.363 e. The van der Waals surface area contributed by atoms with Gasteiger partial charge in [-0.25, -0.2) is 9.97 Å². The lowest BCUT2D eigenvalue weighted by Gasteiger charge is -2.12. The fourth-order valence-electron chi connectivity index (χ4n) is 1.81. The minimum absolute atomic E-state index is 0.307. The minimum Gasteiger partial charge on any atom is -0.363 e. The quantitative estimate of drug-likeness (QED) is 0.902. The molecule has 0 radical (unpaired) electrons. The molecular weight excluding hydrogens is 252 g/mol. The van der Waals surface area contributed by atoms with Crippen molar-refractivity contribution < 1.29 is 4.52 Å². The smallest absolute Gasteiger partial charge is 0.156 e. The first-order chi connectivity index (χ1) is 9.45. The number of anilines is 1. The van der Waals surface area contributed by atoms with Crippen molar-refractivity contribution in [1.82, 2.24) is 15.1 Å². The normalized spacial score (nSPS) is 11.3. The zero-order valence-electron chi connectivity index (χ0n) is 12.8. The summed E-state index contributed by atoms with van der Waals surface area (Å²) in [5.74, 6) is 3.19. The van der Waals surface area contributed by atoms with Gasteiger partial charge in [-0.2, -0.15) is 0 Å². The second-order valence-corrected chi connectivity index (χ2v) is 5.63. The van der Waals surface area contributed by atoms with E-state index in [-0.39, 0.29) is 0 Å². The number of nitrogens with zero attached hydrogens (tertiary/aromatic N) is 3. The van der Waals surface area contributed by atoms with E-state index in [1.54, 1.807) is 0 Å². The Hall–Kier alpha value is -1.91. The first-order valence-corrected chi connectivity index (χ1v) is 7.00. The van der Waals surface area contributed by atoms with Gasteiger partial charge in [-0.15, -0.1) is 0 Å². The lowest BCUT2D eigenvalue weighted by molar-refractivity contribution is 0.384. The molecule has 0 aromatic carbocycles. The molecule has 0 amide bonds. The summed E-state index contributed by atoms with van der Waals surface area (Å²) >= 11 is 0. The van der Waals surface area contributed by atoms with Crippen LogP contribution in [0.4, 0.5) is 5.82 Å². The summed E-state index contributed by atoms with van der Waals surface area (Å²) in [6.07, 6.45) is 0. The summed E-state index contributed by atoms with van der Waals surface area (Å²) in [7, 11) is 0. The molecule has 2 rings (SSSR count). The summed E-state index contributed by atoms with van der Waals surface area (Å²) in [6, 6.07) is 3.92. The van der Waals surface area contributed by atoms with Crippen LogP contribution in [0.1, 0.15) is 62.5 Å². The third kappa shape index (κ3) is 3.56. The summed E-state index contributed by atoms with van der Waals surface area (Å²) in [4.78, 5) is 9.16. The van der Waals surface area contributed by atoms with Crippen molar-refractivity contribution in [2.24, 2.45) is 0 Å². The Balaban J connectivity index is 2.17. The van der Waals surface area contributed by atoms with Gasteiger partial charge in [0.05, 0.1) is 12.2 Å². The van der Waals surface area contributed by atoms with Gasteiger partial charge in [0.1, 0.15) is 11.6 Å². The van der Waals surface area contributed by atoms with E-state index in [9.17, 15) is 0 Å². The Kier molecular flexibility index (Phi) is 4.37. The molecule has 0 atom stereocenters. The molecule has 2 aromatic heterocycles. The summed E-state index contributed by atoms with van der Waals surface area (Å²) in [6.45, 7) is 11.0. The Morgan fingerprint density at radius 3 is 2.40 bits per heavy atom. The molecule has 0 fully saturated rings. The molecule has 0 aliphatic rings. The summed E-state index contributed by atoms with van der Waals surface area (Å²) in [5.41, 5.74) is 1.94. The third-order valence-corrected chi connectivity index (χ3v) is 2.99. The van der Waals surface area contributed by atoms with Gasteiger partial charge in [-0.1, -0.05) is 32.9 Å². The van der Waals surface area contributed by atoms with Crippen molar-refractivity contribution in [1.29, 1.82) is 0 Å². The molecule has 0 unspecified atom stereocenters. The van der Waals surface area contributed by atoms with Crippen LogP contribution in [0, 0.1) is 6.92 Å². The molecule has 108 valence electrons. The van der Waals surface area contributed by atoms with E-state index in [4.69, 9.17) is 4.52 Å². The molecule has 0 spiro atoms. The van der Waals surface area contributed by atoms with Crippen molar-refractivity contribution in [3.63, 3.8) is 0 Å². The predicted molar refractivity (Wildman–Crippen MR) is 78.8 cm³/mol. The maximum Gasteiger partial charge on any atom is 0.156 e. The fourth-order valence-corrected chi connectivity index (χ4v) is 1.81. The Morgan fingerprint density at radius 1 is 1.10 bits per heavy atom. The van der Waals surface area contributed by atoms with Gasteiger partial charge in [0, 0.05) is 23.7 Å². The minimum atomic E-state index is 0.307. The van der Waals surface area contributed by atoms with E-state index in [1.165, 1.54) is 0 Å². The fraction of sp³-hybridized carbons (Fsp3) is 0.533. The molecule has 2 heterocycles. The predicted octanol–water partition coefficient (Wildman–Crippen LogP) is 3.63. The molecular formula is C15H22N4O. The summed E-state index contributed by atoms with van der Waals surface area (Å²) in [5, 5.41) is 7.15. The van der Waals surface area contributed by atoms with E-state index in [0.717, 1.165) is 28.8 Å². The van der Waals surface area contributed by atoms with E-state index < -0.39 is 0 Å². The second kappa shape index (κ2) is 6.03. The lowest BCUT2D eigenvalue weighted by Crippen LogP contribution is -2.08. The molecule has 1 N–H and O–H groups in total. The number of aromatic nitrogens is 3. The summed E-state index contributed by atoms with van der Waals surface area (Å²) < 4.78 is 5.19. The Morgan fingerprint density at radius 2 is 1.85 bits per heavy atom. The average molecular weight is 274 g/mol. The van der Waals surface area contributed by atoms with Crippen molar-refractivity contribution in [3.05, 3.63) is 35.1 Å². The Labute approximate surface area is 119 Å². The van der Waals surface area contributed by atoms with Crippen LogP contribution in [0.3, 0.4) is 0 Å². The number of rotatable bonds is 5. The average Bonchev–Trinajstić information content (AvgIpc) is 2.81. The van der Waals surface area contributed by atoms with Crippen molar-refractivity contribution in [2.75, 3.05) is 5.32 Å². The van der Waals surface area contributed by atoms with Crippen LogP contribution in [-0.2, 0) is 6.54 Å². The number of hydrogen-bond acceptors (Lipinski definition) is 5. The zero-order valence-corrected chi connectivity index (χ0v) is 12.8. The highest BCUT2D eigenvalue weighted by molar-refractivity contribution is 5.37. The topological polar surface area (TPSA) is 63.8 Å². The molecule has 0 aliphatic heterocycles. The SMILES string of the molecule is Cc1cc(CNc2cc(C(C)C)nc(C(C)C)n2)on1. The highest BCUT2D eigenvalue weighted by atomic mass is 16.5. The van der Waals surface area contributed by atoms with Gasteiger partial charge in [-0.05, 0) is 12.8 Å². The van der Waals surface area contributed by atoms with Gasteiger partial charge in [0.15, 0.2) is 5.76 Å². The second-order valence-electron chi connectivity index (χ2n) is 5.63. The lowest BCUT2D eigenvalue weighted by atomic mass is 10.1. The zero-order chi connectivity index (χ0) is 14.7. The molecule has 0 bridgehead atoms. The monoisotopic (exact) mass is 274 g/mol. The molecule has 0 aliphatic carbocycles. The molecule has 0 saturated heterocycles. The van der Waals surface area contributed by atoms with E-state index in [2.05, 4.69) is 48.1 Å². The van der Waals surface area contributed by atoms with Crippen LogP contribution in [0.15, 0.2) is 16.7 Å². The van der Waals surface area contributed by atoms with Crippen molar-refractivity contribution in [3.8, 4) is 0 Å². The van der Waals surface area contributed by atoms with Gasteiger partial charge in [0.25, 0.3) is 0 Å².